The van der Waals surface area contributed by atoms with Gasteiger partial charge in [0.1, 0.15) is 5.69 Å². The van der Waals surface area contributed by atoms with Crippen LogP contribution >= 0.6 is 11.3 Å². The summed E-state index contributed by atoms with van der Waals surface area (Å²) in [5.41, 5.74) is 0.404. The normalized spacial score (nSPS) is 11.7. The molecule has 1 aromatic carbocycles. The monoisotopic (exact) mass is 468 g/mol. The van der Waals surface area contributed by atoms with E-state index in [1.54, 1.807) is 18.2 Å². The highest BCUT2D eigenvalue weighted by Crippen LogP contribution is 2.41. The minimum absolute atomic E-state index is 0.114. The predicted molar refractivity (Wildman–Crippen MR) is 118 cm³/mol. The molecule has 1 amide bonds. The summed E-state index contributed by atoms with van der Waals surface area (Å²) in [7, 11) is 0. The number of halogens is 3. The van der Waals surface area contributed by atoms with Crippen LogP contribution in [0.25, 0.3) is 33.2 Å². The summed E-state index contributed by atoms with van der Waals surface area (Å²) in [4.78, 5) is 17.9. The van der Waals surface area contributed by atoms with Gasteiger partial charge in [-0.15, -0.1) is 11.3 Å². The fourth-order valence-corrected chi connectivity index (χ4v) is 4.23. The van der Waals surface area contributed by atoms with Crippen molar-refractivity contribution in [2.75, 3.05) is 0 Å². The van der Waals surface area contributed by atoms with E-state index < -0.39 is 17.6 Å². The van der Waals surface area contributed by atoms with Gasteiger partial charge in [0.2, 0.25) is 0 Å². The number of nitrogens with one attached hydrogen (secondary N) is 1. The minimum atomic E-state index is -4.69. The van der Waals surface area contributed by atoms with Crippen molar-refractivity contribution in [3.05, 3.63) is 89.0 Å². The van der Waals surface area contributed by atoms with Crippen LogP contribution in [0.15, 0.2) is 81.7 Å². The Morgan fingerprint density at radius 1 is 1.00 bits per heavy atom. The Bertz CT molecular complexity index is 1410. The predicted octanol–water partition coefficient (Wildman–Crippen LogP) is 6.77. The van der Waals surface area contributed by atoms with E-state index in [1.165, 1.54) is 42.5 Å². The maximum absolute atomic E-state index is 14.1. The first-order valence-corrected chi connectivity index (χ1v) is 10.7. The summed E-state index contributed by atoms with van der Waals surface area (Å²) >= 11 is 1.47. The number of aromatic nitrogens is 1. The number of alkyl halides is 3. The van der Waals surface area contributed by atoms with Crippen molar-refractivity contribution in [1.29, 1.82) is 0 Å². The molecule has 5 rings (SSSR count). The Kier molecular flexibility index (Phi) is 5.26. The van der Waals surface area contributed by atoms with Gasteiger partial charge in [0.15, 0.2) is 0 Å². The fraction of sp³-hybridized carbons (Fsp3) is 0.0833. The number of amides is 1. The third kappa shape index (κ3) is 4.14. The van der Waals surface area contributed by atoms with Gasteiger partial charge in [-0.05, 0) is 52.9 Å². The molecule has 0 fully saturated rings. The lowest BCUT2D eigenvalue weighted by atomic mass is 9.95. The lowest BCUT2D eigenvalue weighted by Crippen LogP contribution is -2.23. The van der Waals surface area contributed by atoms with E-state index in [0.29, 0.717) is 22.3 Å². The molecule has 5 aromatic rings. The molecule has 1 N–H and O–H groups in total. The Hall–Kier alpha value is -3.85. The number of nitrogens with zero attached hydrogens (tertiary/aromatic N) is 1. The average Bonchev–Trinajstić information content (AvgIpc) is 3.58. The Labute approximate surface area is 189 Å². The van der Waals surface area contributed by atoms with Crippen LogP contribution in [-0.4, -0.2) is 10.9 Å². The average molecular weight is 468 g/mol. The molecule has 5 nitrogen and oxygen atoms in total. The van der Waals surface area contributed by atoms with Crippen molar-refractivity contribution in [2.45, 2.75) is 12.7 Å². The van der Waals surface area contributed by atoms with E-state index in [1.807, 2.05) is 17.5 Å². The van der Waals surface area contributed by atoms with Crippen molar-refractivity contribution >= 4 is 28.1 Å². The number of rotatable bonds is 5. The lowest BCUT2D eigenvalue weighted by molar-refractivity contribution is -0.136. The van der Waals surface area contributed by atoms with Crippen LogP contribution < -0.4 is 5.32 Å². The number of pyridine rings is 1. The summed E-state index contributed by atoms with van der Waals surface area (Å²) in [5.74, 6) is -0.568. The summed E-state index contributed by atoms with van der Waals surface area (Å²) in [6, 6.07) is 11.0. The van der Waals surface area contributed by atoms with E-state index >= 15 is 0 Å². The van der Waals surface area contributed by atoms with Crippen molar-refractivity contribution in [3.8, 4) is 22.3 Å². The SMILES string of the molecule is O=C(NCc1cccs1)c1cc(-c2ccoc2)c2cc(-c3ccoc3)cc(C(F)(F)F)c2n1. The minimum Gasteiger partial charge on any atom is -0.472 e. The lowest BCUT2D eigenvalue weighted by Gasteiger charge is -2.16. The van der Waals surface area contributed by atoms with Gasteiger partial charge in [-0.25, -0.2) is 4.98 Å². The maximum atomic E-state index is 14.1. The zero-order valence-corrected chi connectivity index (χ0v) is 17.7. The first-order valence-electron chi connectivity index (χ1n) is 9.82. The molecule has 166 valence electrons. The van der Waals surface area contributed by atoms with Gasteiger partial charge in [0.25, 0.3) is 5.91 Å². The zero-order valence-electron chi connectivity index (χ0n) is 16.8. The Balaban J connectivity index is 1.71. The molecule has 0 aliphatic heterocycles. The summed E-state index contributed by atoms with van der Waals surface area (Å²) in [6.45, 7) is 0.253. The van der Waals surface area contributed by atoms with Gasteiger partial charge < -0.3 is 14.2 Å². The van der Waals surface area contributed by atoms with Crippen molar-refractivity contribution in [2.24, 2.45) is 0 Å². The third-order valence-corrected chi connectivity index (χ3v) is 6.02. The number of thiophene rings is 1. The van der Waals surface area contributed by atoms with Crippen LogP contribution in [0.3, 0.4) is 0 Å². The summed E-state index contributed by atoms with van der Waals surface area (Å²) in [6.07, 6.45) is 0.912. The van der Waals surface area contributed by atoms with Gasteiger partial charge in [-0.3, -0.25) is 4.79 Å². The van der Waals surface area contributed by atoms with Gasteiger partial charge in [0, 0.05) is 21.4 Å². The van der Waals surface area contributed by atoms with Crippen LogP contribution in [0.1, 0.15) is 20.9 Å². The molecule has 4 aromatic heterocycles. The topological polar surface area (TPSA) is 68.3 Å². The largest absolute Gasteiger partial charge is 0.472 e. The van der Waals surface area contributed by atoms with E-state index in [4.69, 9.17) is 8.83 Å². The highest BCUT2D eigenvalue weighted by atomic mass is 32.1. The van der Waals surface area contributed by atoms with Crippen molar-refractivity contribution in [3.63, 3.8) is 0 Å². The van der Waals surface area contributed by atoms with Crippen molar-refractivity contribution < 1.29 is 26.8 Å². The Morgan fingerprint density at radius 2 is 1.76 bits per heavy atom. The molecule has 0 saturated carbocycles. The van der Waals surface area contributed by atoms with Crippen LogP contribution in [0.5, 0.6) is 0 Å². The molecule has 0 atom stereocenters. The molecule has 0 spiro atoms. The number of carbonyl (C=O) groups is 1. The fourth-order valence-electron chi connectivity index (χ4n) is 3.58. The molecule has 0 bridgehead atoms. The second-order valence-electron chi connectivity index (χ2n) is 7.26. The van der Waals surface area contributed by atoms with Gasteiger partial charge in [-0.1, -0.05) is 6.07 Å². The maximum Gasteiger partial charge on any atom is 0.418 e. The number of furan rings is 2. The third-order valence-electron chi connectivity index (χ3n) is 5.14. The summed E-state index contributed by atoms with van der Waals surface area (Å²) < 4.78 is 52.5. The van der Waals surface area contributed by atoms with Gasteiger partial charge in [-0.2, -0.15) is 13.2 Å². The quantitative estimate of drug-likeness (QED) is 0.309. The molecule has 9 heteroatoms. The van der Waals surface area contributed by atoms with E-state index in [9.17, 15) is 18.0 Å². The summed E-state index contributed by atoms with van der Waals surface area (Å²) in [5, 5.41) is 4.84. The zero-order chi connectivity index (χ0) is 23.0. The molecular weight excluding hydrogens is 453 g/mol. The molecule has 0 radical (unpaired) electrons. The molecule has 0 aliphatic carbocycles. The molecule has 4 heterocycles. The molecular formula is C24H15F3N2O3S. The smallest absolute Gasteiger partial charge is 0.418 e. The molecule has 0 unspecified atom stereocenters. The van der Waals surface area contributed by atoms with Crippen LogP contribution in [0, 0.1) is 0 Å². The second-order valence-corrected chi connectivity index (χ2v) is 8.29. The number of benzene rings is 1. The number of fused-ring (bicyclic) bond motifs is 1. The molecule has 0 saturated heterocycles. The van der Waals surface area contributed by atoms with Gasteiger partial charge in [0.05, 0.1) is 42.7 Å². The highest BCUT2D eigenvalue weighted by molar-refractivity contribution is 7.09. The number of hydrogen-bond donors (Lipinski definition) is 1. The standard InChI is InChI=1S/C24H15F3N2O3S/c25-24(26,27)20-9-16(14-3-5-31-12-14)8-19-18(15-4-6-32-13-15)10-21(29-22(19)20)23(30)28-11-17-2-1-7-33-17/h1-10,12-13H,11H2,(H,28,30). The van der Waals surface area contributed by atoms with Crippen molar-refractivity contribution in [1.82, 2.24) is 10.3 Å². The van der Waals surface area contributed by atoms with E-state index in [2.05, 4.69) is 10.3 Å². The van der Waals surface area contributed by atoms with E-state index in [-0.39, 0.29) is 23.1 Å². The molecule has 0 aliphatic rings. The number of carbonyl (C=O) groups excluding carboxylic acids is 1. The second kappa shape index (κ2) is 8.25. The van der Waals surface area contributed by atoms with Crippen LogP contribution in [0.4, 0.5) is 13.2 Å². The highest BCUT2D eigenvalue weighted by Gasteiger charge is 2.35. The van der Waals surface area contributed by atoms with Crippen LogP contribution in [0.2, 0.25) is 0 Å². The first kappa shape index (κ1) is 21.0. The Morgan fingerprint density at radius 3 is 2.39 bits per heavy atom. The van der Waals surface area contributed by atoms with Gasteiger partial charge >= 0.3 is 6.18 Å². The number of hydrogen-bond acceptors (Lipinski definition) is 5. The first-order chi connectivity index (χ1) is 15.9. The van der Waals surface area contributed by atoms with E-state index in [0.717, 1.165) is 10.9 Å². The molecule has 33 heavy (non-hydrogen) atoms. The van der Waals surface area contributed by atoms with Crippen LogP contribution in [-0.2, 0) is 12.7 Å².